The third-order valence-corrected chi connectivity index (χ3v) is 17.3. The molecule has 62 heavy (non-hydrogen) atoms. The molecule has 9 fully saturated rings. The van der Waals surface area contributed by atoms with Gasteiger partial charge in [0.1, 0.15) is 11.2 Å². The fourth-order valence-electron chi connectivity index (χ4n) is 14.9. The van der Waals surface area contributed by atoms with Crippen LogP contribution < -0.4 is 0 Å². The van der Waals surface area contributed by atoms with Crippen LogP contribution in [0.15, 0.2) is 0 Å². The van der Waals surface area contributed by atoms with Crippen LogP contribution >= 0.6 is 0 Å². The number of carbonyl (C=O) groups is 4. The van der Waals surface area contributed by atoms with E-state index in [1.807, 2.05) is 27.7 Å². The fraction of sp³-hybridized carbons (Fsp3) is 0.925. The number of hydrogen-bond acceptors (Lipinski definition) is 9. The molecule has 9 heteroatoms. The van der Waals surface area contributed by atoms with Crippen molar-refractivity contribution in [2.45, 2.75) is 221 Å². The Labute approximate surface area is 382 Å². The zero-order valence-electron chi connectivity index (χ0n) is 34.1. The van der Waals surface area contributed by atoms with Gasteiger partial charge in [-0.2, -0.15) is 0 Å². The smallest absolute Gasteiger partial charge is 0.347 e. The maximum atomic E-state index is 15.1. The van der Waals surface area contributed by atoms with Gasteiger partial charge in [0.15, 0.2) is 0 Å². The summed E-state index contributed by atoms with van der Waals surface area (Å²) >= 11 is 0. The molecule has 0 aromatic heterocycles. The molecular formula is C53H100O9. The summed E-state index contributed by atoms with van der Waals surface area (Å²) in [4.78, 5) is 55.3. The number of aliphatic hydroxyl groups excluding tert-OH is 1. The van der Waals surface area contributed by atoms with Crippen LogP contribution in [-0.2, 0) is 38.1 Å². The Morgan fingerprint density at radius 3 is 1.85 bits per heavy atom. The number of hydrogen-bond donors (Lipinski definition) is 1. The van der Waals surface area contributed by atoms with Gasteiger partial charge in [-0.1, -0.05) is 73.3 Å². The van der Waals surface area contributed by atoms with E-state index in [1.54, 1.807) is 0 Å². The molecule has 9 aliphatic rings. The Hall–Kier alpha value is -2.16. The largest absolute Gasteiger partial charge is 0.463 e. The normalized spacial score (nSPS) is 39.4. The first-order chi connectivity index (χ1) is 25.4. The monoisotopic (exact) mass is 881 g/mol. The minimum Gasteiger partial charge on any atom is -0.463 e. The molecule has 0 radical (unpaired) electrons. The minimum absolute atomic E-state index is 0. The van der Waals surface area contributed by atoms with Gasteiger partial charge in [-0.05, 0) is 189 Å². The van der Waals surface area contributed by atoms with Crippen LogP contribution in [0.1, 0.15) is 198 Å². The van der Waals surface area contributed by atoms with Crippen molar-refractivity contribution in [3.63, 3.8) is 0 Å². The van der Waals surface area contributed by atoms with E-state index >= 15 is 4.79 Å². The summed E-state index contributed by atoms with van der Waals surface area (Å²) in [5.74, 6) is 2.61. The molecule has 8 aliphatic carbocycles. The molecule has 1 N–H and O–H groups in total. The minimum atomic E-state index is -0.979. The van der Waals surface area contributed by atoms with Gasteiger partial charge in [0.05, 0.1) is 30.5 Å². The lowest BCUT2D eigenvalue weighted by Gasteiger charge is -2.59. The number of fused-ring (bicyclic) bond motifs is 4. The van der Waals surface area contributed by atoms with Gasteiger partial charge >= 0.3 is 23.9 Å². The van der Waals surface area contributed by atoms with Crippen LogP contribution in [0, 0.1) is 88.3 Å². The topological polar surface area (TPSA) is 125 Å². The lowest BCUT2D eigenvalue weighted by molar-refractivity contribution is -0.209. The van der Waals surface area contributed by atoms with Crippen molar-refractivity contribution in [1.29, 1.82) is 0 Å². The molecule has 8 bridgehead atoms. The van der Waals surface area contributed by atoms with E-state index in [1.165, 1.54) is 12.8 Å². The Kier molecular flexibility index (Phi) is 21.1. The van der Waals surface area contributed by atoms with Crippen molar-refractivity contribution >= 4 is 23.9 Å². The molecule has 1 saturated heterocycles. The van der Waals surface area contributed by atoms with Gasteiger partial charge in [0, 0.05) is 6.42 Å². The number of cyclic esters (lactones) is 1. The molecular weight excluding hydrogens is 781 g/mol. The molecule has 0 aromatic carbocycles. The van der Waals surface area contributed by atoms with Gasteiger partial charge < -0.3 is 24.1 Å². The number of carbonyl (C=O) groups excluding carboxylic acids is 4. The molecule has 0 aromatic rings. The van der Waals surface area contributed by atoms with Crippen molar-refractivity contribution in [1.82, 2.24) is 0 Å². The number of ether oxygens (including phenoxy) is 4. The first-order valence-electron chi connectivity index (χ1n) is 21.9. The van der Waals surface area contributed by atoms with Crippen LogP contribution in [0.5, 0.6) is 0 Å². The van der Waals surface area contributed by atoms with E-state index < -0.39 is 40.7 Å². The third-order valence-electron chi connectivity index (χ3n) is 17.3. The van der Waals surface area contributed by atoms with E-state index in [0.29, 0.717) is 60.7 Å². The standard InChI is InChI=1S/C45H68O9.8CH4/c1-23-29-18-34(35(19-29)36(46)21-38(47)53-43(3,4)5)33(23)20-30(40(48)54-45(7)31-13-25-12-26(15-31)16-32(45)14-25)22-44(6,39-24(2)27-8-9-28(39)17-27)42(50)52-37-10-11-51-41(37)49;;;;;;;;/h23-37,39,46H,8-22H2,1-7H3;8*1H4. The predicted octanol–water partition coefficient (Wildman–Crippen LogP) is 12.8. The molecule has 0 amide bonds. The van der Waals surface area contributed by atoms with Crippen LogP contribution in [0.4, 0.5) is 0 Å². The summed E-state index contributed by atoms with van der Waals surface area (Å²) in [6.45, 7) is 14.6. The predicted molar refractivity (Wildman–Crippen MR) is 254 cm³/mol. The average Bonchev–Trinajstić information content (AvgIpc) is 3.92. The highest BCUT2D eigenvalue weighted by Crippen LogP contribution is 2.63. The first kappa shape index (κ1) is 59.8. The highest BCUT2D eigenvalue weighted by atomic mass is 16.6. The van der Waals surface area contributed by atoms with Crippen LogP contribution in [0.2, 0.25) is 0 Å². The summed E-state index contributed by atoms with van der Waals surface area (Å²) in [7, 11) is 0. The van der Waals surface area contributed by atoms with Crippen LogP contribution in [0.25, 0.3) is 0 Å². The molecule has 366 valence electrons. The Balaban J connectivity index is 0.00000465. The summed E-state index contributed by atoms with van der Waals surface area (Å²) in [5.41, 5.74) is -2.10. The third kappa shape index (κ3) is 10.8. The van der Waals surface area contributed by atoms with E-state index in [9.17, 15) is 19.5 Å². The molecule has 1 heterocycles. The van der Waals surface area contributed by atoms with Crippen LogP contribution in [0.3, 0.4) is 0 Å². The summed E-state index contributed by atoms with van der Waals surface area (Å²) in [6.07, 6.45) is 10.6. The van der Waals surface area contributed by atoms with Crippen molar-refractivity contribution in [3.05, 3.63) is 0 Å². The van der Waals surface area contributed by atoms with Crippen molar-refractivity contribution in [2.24, 2.45) is 88.3 Å². The Morgan fingerprint density at radius 2 is 1.35 bits per heavy atom. The second kappa shape index (κ2) is 21.9. The number of esters is 4. The molecule has 13 atom stereocenters. The van der Waals surface area contributed by atoms with Crippen LogP contribution in [-0.4, -0.2) is 59.0 Å². The van der Waals surface area contributed by atoms with Gasteiger partial charge in [-0.15, -0.1) is 0 Å². The van der Waals surface area contributed by atoms with Gasteiger partial charge in [0.25, 0.3) is 0 Å². The zero-order chi connectivity index (χ0) is 38.5. The zero-order valence-corrected chi connectivity index (χ0v) is 34.1. The summed E-state index contributed by atoms with van der Waals surface area (Å²) in [6, 6.07) is 0. The molecule has 9 rings (SSSR count). The van der Waals surface area contributed by atoms with E-state index in [2.05, 4.69) is 20.8 Å². The lowest BCUT2D eigenvalue weighted by Crippen LogP contribution is -2.58. The lowest BCUT2D eigenvalue weighted by atomic mass is 9.50. The second-order valence-electron chi connectivity index (χ2n) is 21.5. The van der Waals surface area contributed by atoms with E-state index in [0.717, 1.165) is 63.2 Å². The summed E-state index contributed by atoms with van der Waals surface area (Å²) < 4.78 is 23.8. The Bertz CT molecular complexity index is 1450. The van der Waals surface area contributed by atoms with Gasteiger partial charge in [-0.25, -0.2) is 4.79 Å². The molecule has 13 unspecified atom stereocenters. The number of aliphatic hydroxyl groups is 1. The van der Waals surface area contributed by atoms with E-state index in [-0.39, 0.29) is 114 Å². The van der Waals surface area contributed by atoms with Crippen molar-refractivity contribution in [2.75, 3.05) is 6.61 Å². The fourth-order valence-corrected chi connectivity index (χ4v) is 14.9. The van der Waals surface area contributed by atoms with Crippen molar-refractivity contribution < 1.29 is 43.2 Å². The molecule has 1 aliphatic heterocycles. The first-order valence-corrected chi connectivity index (χ1v) is 21.9. The maximum absolute atomic E-state index is 15.1. The highest BCUT2D eigenvalue weighted by molar-refractivity contribution is 5.84. The quantitative estimate of drug-likeness (QED) is 0.151. The summed E-state index contributed by atoms with van der Waals surface area (Å²) in [5, 5.41) is 11.5. The number of rotatable bonds is 12. The van der Waals surface area contributed by atoms with E-state index in [4.69, 9.17) is 18.9 Å². The second-order valence-corrected chi connectivity index (χ2v) is 21.5. The average molecular weight is 881 g/mol. The van der Waals surface area contributed by atoms with Gasteiger partial charge in [0.2, 0.25) is 6.10 Å². The van der Waals surface area contributed by atoms with Gasteiger partial charge in [-0.3, -0.25) is 14.4 Å². The maximum Gasteiger partial charge on any atom is 0.347 e. The molecule has 8 saturated carbocycles. The van der Waals surface area contributed by atoms with Crippen molar-refractivity contribution in [3.8, 4) is 0 Å². The Morgan fingerprint density at radius 1 is 0.774 bits per heavy atom. The SMILES string of the molecule is C.C.C.C.C.C.C.C.CC1C2CC(C(O)CC(=O)OC(C)(C)C)C(C2)C1CC(CC(C)(C(=O)OC1CCOC1=O)C1C2CCC(C2)C1C)C(=O)OC1(C)C2CC3CC(C2)CC1C3. The highest BCUT2D eigenvalue weighted by Gasteiger charge is 2.61. The molecule has 0 spiro atoms. The molecule has 9 nitrogen and oxygen atoms in total.